The lowest BCUT2D eigenvalue weighted by Crippen LogP contribution is -2.05. The summed E-state index contributed by atoms with van der Waals surface area (Å²) in [5.41, 5.74) is 3.94. The van der Waals surface area contributed by atoms with Crippen molar-refractivity contribution in [2.24, 2.45) is 5.92 Å². The molecule has 0 aliphatic carbocycles. The molecule has 0 bridgehead atoms. The van der Waals surface area contributed by atoms with Crippen molar-refractivity contribution in [1.82, 2.24) is 4.98 Å². The highest BCUT2D eigenvalue weighted by molar-refractivity contribution is 5.62. The van der Waals surface area contributed by atoms with Gasteiger partial charge in [-0.15, -0.1) is 0 Å². The molecular formula is C22H31N. The van der Waals surface area contributed by atoms with Gasteiger partial charge in [0.2, 0.25) is 0 Å². The average molecular weight is 309 g/mol. The molecule has 0 spiro atoms. The van der Waals surface area contributed by atoms with Crippen LogP contribution in [0.15, 0.2) is 48.8 Å². The quantitative estimate of drug-likeness (QED) is 0.446. The summed E-state index contributed by atoms with van der Waals surface area (Å²) in [4.78, 5) is 4.21. The fourth-order valence-corrected chi connectivity index (χ4v) is 3.22. The van der Waals surface area contributed by atoms with Gasteiger partial charge in [0.15, 0.2) is 0 Å². The lowest BCUT2D eigenvalue weighted by atomic mass is 9.89. The van der Waals surface area contributed by atoms with Gasteiger partial charge in [-0.25, -0.2) is 0 Å². The van der Waals surface area contributed by atoms with E-state index >= 15 is 0 Å². The van der Waals surface area contributed by atoms with E-state index in [0.29, 0.717) is 0 Å². The zero-order chi connectivity index (χ0) is 16.3. The van der Waals surface area contributed by atoms with E-state index in [-0.39, 0.29) is 0 Å². The van der Waals surface area contributed by atoms with Gasteiger partial charge in [0.1, 0.15) is 0 Å². The van der Waals surface area contributed by atoms with Gasteiger partial charge in [-0.3, -0.25) is 4.98 Å². The van der Waals surface area contributed by atoms with E-state index in [1.807, 2.05) is 18.5 Å². The minimum absolute atomic E-state index is 0.853. The second kappa shape index (κ2) is 10.2. The first-order valence-electron chi connectivity index (χ1n) is 9.32. The number of aromatic nitrogens is 1. The molecule has 0 N–H and O–H groups in total. The lowest BCUT2D eigenvalue weighted by molar-refractivity contribution is 0.412. The number of hydrogen-bond donors (Lipinski definition) is 0. The van der Waals surface area contributed by atoms with Crippen molar-refractivity contribution in [3.8, 4) is 11.1 Å². The van der Waals surface area contributed by atoms with Crippen LogP contribution in [0.3, 0.4) is 0 Å². The molecule has 0 radical (unpaired) electrons. The predicted octanol–water partition coefficient (Wildman–Crippen LogP) is 6.68. The molecule has 1 nitrogen and oxygen atoms in total. The maximum atomic E-state index is 4.21. The van der Waals surface area contributed by atoms with Gasteiger partial charge in [-0.05, 0) is 35.1 Å². The van der Waals surface area contributed by atoms with Crippen molar-refractivity contribution in [2.45, 2.75) is 65.2 Å². The van der Waals surface area contributed by atoms with Crippen LogP contribution in [0.2, 0.25) is 0 Å². The standard InChI is InChI=1S/C22H31N/c1-3-5-7-10-19(9-6-4-2)17-20-12-14-21(15-13-20)22-11-8-16-23-18-22/h8,11-16,18-19H,3-7,9-10,17H2,1-2H3. The molecule has 0 fully saturated rings. The number of hydrogen-bond acceptors (Lipinski definition) is 1. The third kappa shape index (κ3) is 6.17. The maximum absolute atomic E-state index is 4.21. The summed E-state index contributed by atoms with van der Waals surface area (Å²) in [7, 11) is 0. The monoisotopic (exact) mass is 309 g/mol. The van der Waals surface area contributed by atoms with E-state index in [0.717, 1.165) is 5.92 Å². The molecule has 1 aromatic carbocycles. The van der Waals surface area contributed by atoms with Gasteiger partial charge >= 0.3 is 0 Å². The number of unbranched alkanes of at least 4 members (excludes halogenated alkanes) is 3. The topological polar surface area (TPSA) is 12.9 Å². The number of nitrogens with zero attached hydrogens (tertiary/aromatic N) is 1. The summed E-state index contributed by atoms with van der Waals surface area (Å²) in [6.45, 7) is 4.59. The maximum Gasteiger partial charge on any atom is 0.0346 e. The Morgan fingerprint density at radius 2 is 1.57 bits per heavy atom. The van der Waals surface area contributed by atoms with Gasteiger partial charge in [0, 0.05) is 12.4 Å². The molecule has 1 atom stereocenters. The molecule has 0 aliphatic heterocycles. The first-order valence-corrected chi connectivity index (χ1v) is 9.32. The van der Waals surface area contributed by atoms with Crippen LogP contribution in [0.25, 0.3) is 11.1 Å². The zero-order valence-corrected chi connectivity index (χ0v) is 14.8. The van der Waals surface area contributed by atoms with Crippen LogP contribution < -0.4 is 0 Å². The molecule has 1 heteroatoms. The minimum atomic E-state index is 0.853. The Morgan fingerprint density at radius 3 is 2.22 bits per heavy atom. The third-order valence-electron chi connectivity index (χ3n) is 4.66. The highest BCUT2D eigenvalue weighted by atomic mass is 14.6. The Balaban J connectivity index is 1.96. The summed E-state index contributed by atoms with van der Waals surface area (Å²) in [6, 6.07) is 13.2. The van der Waals surface area contributed by atoms with Crippen LogP contribution in [0.1, 0.15) is 64.4 Å². The fraction of sp³-hybridized carbons (Fsp3) is 0.500. The van der Waals surface area contributed by atoms with Gasteiger partial charge in [0.05, 0.1) is 0 Å². The van der Waals surface area contributed by atoms with E-state index in [1.54, 1.807) is 0 Å². The molecule has 124 valence electrons. The Kier molecular flexibility index (Phi) is 7.86. The van der Waals surface area contributed by atoms with Gasteiger partial charge < -0.3 is 0 Å². The van der Waals surface area contributed by atoms with Crippen LogP contribution in [0.4, 0.5) is 0 Å². The van der Waals surface area contributed by atoms with Crippen LogP contribution in [-0.4, -0.2) is 4.98 Å². The molecule has 2 aromatic rings. The van der Waals surface area contributed by atoms with Crippen molar-refractivity contribution < 1.29 is 0 Å². The van der Waals surface area contributed by atoms with Crippen molar-refractivity contribution in [3.63, 3.8) is 0 Å². The van der Waals surface area contributed by atoms with Crippen LogP contribution in [-0.2, 0) is 6.42 Å². The minimum Gasteiger partial charge on any atom is -0.264 e. The van der Waals surface area contributed by atoms with Gasteiger partial charge in [0.25, 0.3) is 0 Å². The second-order valence-corrected chi connectivity index (χ2v) is 6.65. The molecule has 1 aromatic heterocycles. The van der Waals surface area contributed by atoms with E-state index in [2.05, 4.69) is 49.2 Å². The predicted molar refractivity (Wildman–Crippen MR) is 101 cm³/mol. The fourth-order valence-electron chi connectivity index (χ4n) is 3.22. The average Bonchev–Trinajstić information content (AvgIpc) is 2.61. The van der Waals surface area contributed by atoms with E-state index < -0.39 is 0 Å². The van der Waals surface area contributed by atoms with Crippen molar-refractivity contribution >= 4 is 0 Å². The third-order valence-corrected chi connectivity index (χ3v) is 4.66. The summed E-state index contributed by atoms with van der Waals surface area (Å²) >= 11 is 0. The number of benzene rings is 1. The highest BCUT2D eigenvalue weighted by Gasteiger charge is 2.09. The Morgan fingerprint density at radius 1 is 0.826 bits per heavy atom. The molecule has 0 saturated carbocycles. The largest absolute Gasteiger partial charge is 0.264 e. The number of pyridine rings is 1. The van der Waals surface area contributed by atoms with Crippen LogP contribution in [0, 0.1) is 5.92 Å². The molecule has 0 amide bonds. The van der Waals surface area contributed by atoms with Crippen LogP contribution >= 0.6 is 0 Å². The van der Waals surface area contributed by atoms with Crippen LogP contribution in [0.5, 0.6) is 0 Å². The first kappa shape index (κ1) is 17.7. The zero-order valence-electron chi connectivity index (χ0n) is 14.8. The Labute approximate surface area is 142 Å². The highest BCUT2D eigenvalue weighted by Crippen LogP contribution is 2.24. The van der Waals surface area contributed by atoms with Crippen molar-refractivity contribution in [2.75, 3.05) is 0 Å². The smallest absolute Gasteiger partial charge is 0.0346 e. The summed E-state index contributed by atoms with van der Waals surface area (Å²) in [5.74, 6) is 0.853. The molecule has 1 unspecified atom stereocenters. The summed E-state index contributed by atoms with van der Waals surface area (Å²) < 4.78 is 0. The second-order valence-electron chi connectivity index (χ2n) is 6.65. The van der Waals surface area contributed by atoms with Crippen molar-refractivity contribution in [1.29, 1.82) is 0 Å². The normalized spacial score (nSPS) is 12.3. The molecule has 1 heterocycles. The first-order chi connectivity index (χ1) is 11.3. The molecule has 0 aliphatic rings. The Bertz CT molecular complexity index is 530. The number of rotatable bonds is 10. The molecule has 0 saturated heterocycles. The van der Waals surface area contributed by atoms with Gasteiger partial charge in [-0.2, -0.15) is 0 Å². The van der Waals surface area contributed by atoms with E-state index in [4.69, 9.17) is 0 Å². The SMILES string of the molecule is CCCCCC(CCCC)Cc1ccc(-c2cccnc2)cc1. The lowest BCUT2D eigenvalue weighted by Gasteiger charge is -2.17. The van der Waals surface area contributed by atoms with E-state index in [1.165, 1.54) is 68.1 Å². The molecular weight excluding hydrogens is 278 g/mol. The van der Waals surface area contributed by atoms with Crippen molar-refractivity contribution in [3.05, 3.63) is 54.4 Å². The van der Waals surface area contributed by atoms with Gasteiger partial charge in [-0.1, -0.05) is 89.1 Å². The van der Waals surface area contributed by atoms with E-state index in [9.17, 15) is 0 Å². The molecule has 2 rings (SSSR count). The molecule has 23 heavy (non-hydrogen) atoms. The summed E-state index contributed by atoms with van der Waals surface area (Å²) in [6.07, 6.45) is 14.5. The summed E-state index contributed by atoms with van der Waals surface area (Å²) in [5, 5.41) is 0. The Hall–Kier alpha value is -1.63.